The third-order valence-corrected chi connectivity index (χ3v) is 14.3. The van der Waals surface area contributed by atoms with Crippen molar-refractivity contribution in [3.8, 4) is 22.3 Å². The molecular formula is C54H34S2. The van der Waals surface area contributed by atoms with E-state index in [-0.39, 0.29) is 0 Å². The van der Waals surface area contributed by atoms with Gasteiger partial charge in [0.15, 0.2) is 0 Å². The summed E-state index contributed by atoms with van der Waals surface area (Å²) in [6.45, 7) is 0. The minimum atomic E-state index is 0.304. The molecule has 0 aliphatic heterocycles. The molecule has 2 heterocycles. The van der Waals surface area contributed by atoms with E-state index in [1.54, 1.807) is 0 Å². The number of allylic oxidation sites excluding steroid dienone is 1. The van der Waals surface area contributed by atoms with Crippen LogP contribution < -0.4 is 0 Å². The van der Waals surface area contributed by atoms with E-state index in [9.17, 15) is 0 Å². The molecule has 262 valence electrons. The van der Waals surface area contributed by atoms with Gasteiger partial charge in [-0.3, -0.25) is 0 Å². The first kappa shape index (κ1) is 32.0. The molecule has 2 heteroatoms. The summed E-state index contributed by atoms with van der Waals surface area (Å²) in [5.74, 6) is 0.304. The second-order valence-corrected chi connectivity index (χ2v) is 17.3. The third-order valence-electron chi connectivity index (χ3n) is 12.0. The van der Waals surface area contributed by atoms with Crippen LogP contribution in [0.4, 0.5) is 0 Å². The standard InChI is InChI=1S/C54H34S2/c1-3-11-33(12-4-1)45-27-35-15-7-9-17-37(35)29-47(45)39-19-21-43-51(31-39)55-49-25-23-42-41(53(43)49)24-26-50-54(42)44-22-20-40(32-52(44)56-50)48-30-38-18-10-8-16-36(38)28-46(48)34-13-5-2-6-14-34/h1-29,31-32,48H,30H2. The number of rotatable bonds is 4. The Bertz CT molecular complexity index is 3380. The molecular weight excluding hydrogens is 713 g/mol. The van der Waals surface area contributed by atoms with Gasteiger partial charge in [0.25, 0.3) is 0 Å². The Kier molecular flexibility index (Phi) is 7.20. The fourth-order valence-corrected chi connectivity index (χ4v) is 11.7. The van der Waals surface area contributed by atoms with Gasteiger partial charge in [0, 0.05) is 46.3 Å². The molecule has 1 unspecified atom stereocenters. The monoisotopic (exact) mass is 746 g/mol. The van der Waals surface area contributed by atoms with Gasteiger partial charge in [-0.25, -0.2) is 0 Å². The number of benzene rings is 9. The summed E-state index contributed by atoms with van der Waals surface area (Å²) in [5.41, 5.74) is 11.9. The van der Waals surface area contributed by atoms with E-state index in [0.29, 0.717) is 5.92 Å². The van der Waals surface area contributed by atoms with Crippen LogP contribution in [0.5, 0.6) is 0 Å². The van der Waals surface area contributed by atoms with E-state index in [2.05, 4.69) is 188 Å². The topological polar surface area (TPSA) is 0 Å². The predicted octanol–water partition coefficient (Wildman–Crippen LogP) is 15.9. The van der Waals surface area contributed by atoms with Gasteiger partial charge in [0.05, 0.1) is 0 Å². The Morgan fingerprint density at radius 3 is 1.64 bits per heavy atom. The van der Waals surface area contributed by atoms with Crippen LogP contribution >= 0.6 is 22.7 Å². The van der Waals surface area contributed by atoms with E-state index in [4.69, 9.17) is 0 Å². The van der Waals surface area contributed by atoms with Gasteiger partial charge in [0.1, 0.15) is 0 Å². The lowest BCUT2D eigenvalue weighted by molar-refractivity contribution is 0.847. The molecule has 56 heavy (non-hydrogen) atoms. The Balaban J connectivity index is 0.991. The summed E-state index contributed by atoms with van der Waals surface area (Å²) >= 11 is 3.84. The molecule has 1 aliphatic carbocycles. The fraction of sp³-hybridized carbons (Fsp3) is 0.0370. The molecule has 0 amide bonds. The normalized spacial score (nSPS) is 14.3. The summed E-state index contributed by atoms with van der Waals surface area (Å²) in [6, 6.07) is 68.0. The first-order chi connectivity index (χ1) is 27.7. The highest BCUT2D eigenvalue weighted by molar-refractivity contribution is 7.26. The lowest BCUT2D eigenvalue weighted by Crippen LogP contribution is -2.11. The summed E-state index contributed by atoms with van der Waals surface area (Å²) < 4.78 is 5.38. The van der Waals surface area contributed by atoms with Gasteiger partial charge >= 0.3 is 0 Å². The fourth-order valence-electron chi connectivity index (χ4n) is 9.36. The summed E-state index contributed by atoms with van der Waals surface area (Å²) in [5, 5.41) is 10.6. The highest BCUT2D eigenvalue weighted by Gasteiger charge is 2.25. The van der Waals surface area contributed by atoms with Crippen LogP contribution in [0.25, 0.3) is 95.8 Å². The lowest BCUT2D eigenvalue weighted by atomic mass is 9.77. The molecule has 0 fully saturated rings. The van der Waals surface area contributed by atoms with Gasteiger partial charge < -0.3 is 0 Å². The Morgan fingerprint density at radius 2 is 0.946 bits per heavy atom. The number of fused-ring (bicyclic) bond motifs is 11. The van der Waals surface area contributed by atoms with Crippen LogP contribution in [0.3, 0.4) is 0 Å². The molecule has 0 bridgehead atoms. The quantitative estimate of drug-likeness (QED) is 0.168. The zero-order valence-corrected chi connectivity index (χ0v) is 32.1. The molecule has 12 rings (SSSR count). The maximum atomic E-state index is 2.48. The highest BCUT2D eigenvalue weighted by atomic mass is 32.1. The van der Waals surface area contributed by atoms with Crippen LogP contribution in [0.2, 0.25) is 0 Å². The minimum Gasteiger partial charge on any atom is -0.135 e. The molecule has 0 N–H and O–H groups in total. The third kappa shape index (κ3) is 5.03. The van der Waals surface area contributed by atoms with Crippen molar-refractivity contribution in [3.05, 3.63) is 204 Å². The van der Waals surface area contributed by atoms with Gasteiger partial charge in [-0.05, 0) is 114 Å². The molecule has 1 atom stereocenters. The summed E-state index contributed by atoms with van der Waals surface area (Å²) in [4.78, 5) is 0. The SMILES string of the molecule is C1=C(c2ccccc2)C(c2ccc3c(c2)sc2ccc4c(ccc5sc6cc(-c7cc8ccccc8cc7-c7ccccc7)ccc6c54)c23)Cc2ccccc21. The smallest absolute Gasteiger partial charge is 0.0361 e. The van der Waals surface area contributed by atoms with Gasteiger partial charge in [-0.1, -0.05) is 152 Å². The molecule has 1 aliphatic rings. The molecule has 0 radical (unpaired) electrons. The van der Waals surface area contributed by atoms with Crippen LogP contribution in [-0.2, 0) is 6.42 Å². The average Bonchev–Trinajstić information content (AvgIpc) is 3.84. The van der Waals surface area contributed by atoms with Gasteiger partial charge in [-0.15, -0.1) is 22.7 Å². The Morgan fingerprint density at radius 1 is 0.393 bits per heavy atom. The molecule has 0 spiro atoms. The van der Waals surface area contributed by atoms with Crippen molar-refractivity contribution in [2.24, 2.45) is 0 Å². The molecule has 0 saturated carbocycles. The molecule has 2 aromatic heterocycles. The second kappa shape index (κ2) is 12.6. The zero-order valence-electron chi connectivity index (χ0n) is 30.5. The van der Waals surface area contributed by atoms with Crippen LogP contribution in [-0.4, -0.2) is 0 Å². The van der Waals surface area contributed by atoms with E-state index in [0.717, 1.165) is 6.42 Å². The summed E-state index contributed by atoms with van der Waals surface area (Å²) in [6.07, 6.45) is 3.43. The van der Waals surface area contributed by atoms with Crippen molar-refractivity contribution in [2.45, 2.75) is 12.3 Å². The number of thiophene rings is 2. The maximum absolute atomic E-state index is 2.48. The van der Waals surface area contributed by atoms with Gasteiger partial charge in [0.2, 0.25) is 0 Å². The van der Waals surface area contributed by atoms with Crippen LogP contribution in [0, 0.1) is 0 Å². The highest BCUT2D eigenvalue weighted by Crippen LogP contribution is 2.48. The van der Waals surface area contributed by atoms with Crippen LogP contribution in [0.15, 0.2) is 182 Å². The Labute approximate surface area is 333 Å². The Hall–Kier alpha value is -6.32. The first-order valence-corrected chi connectivity index (χ1v) is 21.0. The van der Waals surface area contributed by atoms with Gasteiger partial charge in [-0.2, -0.15) is 0 Å². The minimum absolute atomic E-state index is 0.304. The van der Waals surface area contributed by atoms with Crippen molar-refractivity contribution < 1.29 is 0 Å². The van der Waals surface area contributed by atoms with Crippen LogP contribution in [0.1, 0.15) is 28.2 Å². The van der Waals surface area contributed by atoms with Crippen molar-refractivity contribution in [3.63, 3.8) is 0 Å². The van der Waals surface area contributed by atoms with Crippen molar-refractivity contribution in [2.75, 3.05) is 0 Å². The molecule has 9 aromatic carbocycles. The lowest BCUT2D eigenvalue weighted by Gasteiger charge is -2.27. The van der Waals surface area contributed by atoms with E-state index < -0.39 is 0 Å². The molecule has 0 saturated heterocycles. The molecule has 11 aromatic rings. The van der Waals surface area contributed by atoms with E-state index >= 15 is 0 Å². The average molecular weight is 747 g/mol. The van der Waals surface area contributed by atoms with E-state index in [1.165, 1.54) is 112 Å². The van der Waals surface area contributed by atoms with Crippen molar-refractivity contribution in [1.29, 1.82) is 0 Å². The van der Waals surface area contributed by atoms with Crippen molar-refractivity contribution in [1.82, 2.24) is 0 Å². The number of hydrogen-bond acceptors (Lipinski definition) is 2. The van der Waals surface area contributed by atoms with E-state index in [1.807, 2.05) is 22.7 Å². The largest absolute Gasteiger partial charge is 0.135 e. The second-order valence-electron chi connectivity index (χ2n) is 15.2. The zero-order chi connectivity index (χ0) is 36.7. The molecule has 0 nitrogen and oxygen atoms in total. The summed E-state index contributed by atoms with van der Waals surface area (Å²) in [7, 11) is 0. The van der Waals surface area contributed by atoms with Crippen molar-refractivity contribution >= 4 is 96.2 Å². The predicted molar refractivity (Wildman–Crippen MR) is 245 cm³/mol. The maximum Gasteiger partial charge on any atom is 0.0361 e. The first-order valence-electron chi connectivity index (χ1n) is 19.4. The number of hydrogen-bond donors (Lipinski definition) is 0.